The maximum atomic E-state index is 4.28. The van der Waals surface area contributed by atoms with E-state index in [9.17, 15) is 0 Å². The van der Waals surface area contributed by atoms with Gasteiger partial charge < -0.3 is 0 Å². The highest BCUT2D eigenvalue weighted by Gasteiger charge is 2.22. The SMILES string of the molecule is CN1CC(CN2CCc3cc(Br)ccc3C2)N=N1. The van der Waals surface area contributed by atoms with Crippen LogP contribution in [0.5, 0.6) is 0 Å². The molecule has 2 heterocycles. The van der Waals surface area contributed by atoms with E-state index in [2.05, 4.69) is 49.4 Å². The Hall–Kier alpha value is -0.940. The Labute approximate surface area is 116 Å². The van der Waals surface area contributed by atoms with Crippen LogP contribution < -0.4 is 0 Å². The third kappa shape index (κ3) is 2.57. The Kier molecular flexibility index (Phi) is 3.35. The summed E-state index contributed by atoms with van der Waals surface area (Å²) in [6.45, 7) is 4.13. The second kappa shape index (κ2) is 4.97. The van der Waals surface area contributed by atoms with Crippen LogP contribution in [0.3, 0.4) is 0 Å². The number of benzene rings is 1. The van der Waals surface area contributed by atoms with E-state index in [0.717, 1.165) is 32.6 Å². The minimum atomic E-state index is 0.340. The first kappa shape index (κ1) is 12.1. The van der Waals surface area contributed by atoms with Gasteiger partial charge in [0.05, 0.1) is 6.54 Å². The van der Waals surface area contributed by atoms with Crippen LogP contribution in [-0.4, -0.2) is 42.6 Å². The first-order valence-corrected chi connectivity index (χ1v) is 7.11. The van der Waals surface area contributed by atoms with Crippen molar-refractivity contribution in [2.45, 2.75) is 19.0 Å². The molecular formula is C13H17BrN4. The van der Waals surface area contributed by atoms with E-state index in [1.165, 1.54) is 15.6 Å². The van der Waals surface area contributed by atoms with Crippen LogP contribution in [0.4, 0.5) is 0 Å². The molecule has 2 aliphatic heterocycles. The molecule has 0 fully saturated rings. The highest BCUT2D eigenvalue weighted by Crippen LogP contribution is 2.23. The first-order valence-electron chi connectivity index (χ1n) is 6.32. The van der Waals surface area contributed by atoms with E-state index in [0.29, 0.717) is 6.04 Å². The third-order valence-electron chi connectivity index (χ3n) is 3.57. The van der Waals surface area contributed by atoms with E-state index >= 15 is 0 Å². The van der Waals surface area contributed by atoms with Crippen molar-refractivity contribution >= 4 is 15.9 Å². The van der Waals surface area contributed by atoms with Gasteiger partial charge in [-0.1, -0.05) is 27.2 Å². The fourth-order valence-electron chi connectivity index (χ4n) is 2.67. The maximum Gasteiger partial charge on any atom is 0.105 e. The number of hydrogen-bond acceptors (Lipinski definition) is 4. The van der Waals surface area contributed by atoms with Crippen molar-refractivity contribution in [3.63, 3.8) is 0 Å². The molecule has 5 heteroatoms. The lowest BCUT2D eigenvalue weighted by molar-refractivity contribution is 0.233. The number of likely N-dealkylation sites (N-methyl/N-ethyl adjacent to an activating group) is 1. The van der Waals surface area contributed by atoms with E-state index < -0.39 is 0 Å². The van der Waals surface area contributed by atoms with Crippen LogP contribution in [0.2, 0.25) is 0 Å². The molecule has 0 N–H and O–H groups in total. The van der Waals surface area contributed by atoms with Gasteiger partial charge in [0.25, 0.3) is 0 Å². The summed E-state index contributed by atoms with van der Waals surface area (Å²) in [6, 6.07) is 6.95. The fraction of sp³-hybridized carbons (Fsp3) is 0.538. The average Bonchev–Trinajstić information content (AvgIpc) is 2.75. The molecule has 0 radical (unpaired) electrons. The standard InChI is InChI=1S/C13H17BrN4/c1-17-8-13(15-16-17)9-18-5-4-10-6-12(14)3-2-11(10)7-18/h2-3,6,13H,4-5,7-9H2,1H3. The summed E-state index contributed by atoms with van der Waals surface area (Å²) in [6.07, 6.45) is 1.13. The molecule has 3 rings (SSSR count). The summed E-state index contributed by atoms with van der Waals surface area (Å²) < 4.78 is 1.18. The molecule has 1 aromatic carbocycles. The minimum Gasteiger partial charge on any atom is -0.296 e. The van der Waals surface area contributed by atoms with Crippen molar-refractivity contribution in [1.29, 1.82) is 0 Å². The lowest BCUT2D eigenvalue weighted by Crippen LogP contribution is -2.37. The summed E-state index contributed by atoms with van der Waals surface area (Å²) >= 11 is 3.54. The van der Waals surface area contributed by atoms with Crippen LogP contribution in [-0.2, 0) is 13.0 Å². The number of rotatable bonds is 2. The first-order chi connectivity index (χ1) is 8.70. The van der Waals surface area contributed by atoms with E-state index in [4.69, 9.17) is 0 Å². The highest BCUT2D eigenvalue weighted by atomic mass is 79.9. The van der Waals surface area contributed by atoms with Crippen molar-refractivity contribution in [1.82, 2.24) is 9.91 Å². The zero-order chi connectivity index (χ0) is 12.5. The lowest BCUT2D eigenvalue weighted by atomic mass is 9.99. The average molecular weight is 309 g/mol. The summed E-state index contributed by atoms with van der Waals surface area (Å²) in [5, 5.41) is 10.3. The number of hydrogen-bond donors (Lipinski definition) is 0. The van der Waals surface area contributed by atoms with Gasteiger partial charge in [0, 0.05) is 31.2 Å². The largest absolute Gasteiger partial charge is 0.296 e. The Bertz CT molecular complexity index is 474. The Morgan fingerprint density at radius 1 is 1.39 bits per heavy atom. The molecule has 0 aliphatic carbocycles. The highest BCUT2D eigenvalue weighted by molar-refractivity contribution is 9.10. The van der Waals surface area contributed by atoms with Crippen LogP contribution in [0.15, 0.2) is 33.0 Å². The van der Waals surface area contributed by atoms with Gasteiger partial charge in [-0.05, 0) is 29.7 Å². The van der Waals surface area contributed by atoms with Crippen LogP contribution >= 0.6 is 15.9 Å². The van der Waals surface area contributed by atoms with E-state index in [-0.39, 0.29) is 0 Å². The molecule has 0 saturated heterocycles. The zero-order valence-electron chi connectivity index (χ0n) is 10.5. The molecule has 0 saturated carbocycles. The molecule has 1 atom stereocenters. The van der Waals surface area contributed by atoms with Gasteiger partial charge in [-0.2, -0.15) is 5.11 Å². The molecule has 4 nitrogen and oxygen atoms in total. The molecule has 1 aromatic rings. The van der Waals surface area contributed by atoms with Gasteiger partial charge in [-0.3, -0.25) is 9.91 Å². The second-order valence-corrected chi connectivity index (χ2v) is 6.01. The molecule has 0 spiro atoms. The monoisotopic (exact) mass is 308 g/mol. The molecule has 0 bridgehead atoms. The summed E-state index contributed by atoms with van der Waals surface area (Å²) in [5.74, 6) is 0. The number of fused-ring (bicyclic) bond motifs is 1. The summed E-state index contributed by atoms with van der Waals surface area (Å²) in [5.41, 5.74) is 2.93. The molecular weight excluding hydrogens is 292 g/mol. The number of nitrogens with zero attached hydrogens (tertiary/aromatic N) is 4. The van der Waals surface area contributed by atoms with Crippen molar-refractivity contribution in [3.05, 3.63) is 33.8 Å². The zero-order valence-corrected chi connectivity index (χ0v) is 12.1. The van der Waals surface area contributed by atoms with Gasteiger partial charge in [-0.15, -0.1) is 0 Å². The van der Waals surface area contributed by atoms with Gasteiger partial charge in [0.1, 0.15) is 6.04 Å². The topological polar surface area (TPSA) is 31.2 Å². The second-order valence-electron chi connectivity index (χ2n) is 5.10. The van der Waals surface area contributed by atoms with Crippen molar-refractivity contribution in [3.8, 4) is 0 Å². The predicted octanol–water partition coefficient (Wildman–Crippen LogP) is 2.49. The molecule has 1 unspecified atom stereocenters. The molecule has 2 aliphatic rings. The number of halogens is 1. The van der Waals surface area contributed by atoms with E-state index in [1.807, 2.05) is 12.1 Å². The van der Waals surface area contributed by atoms with Crippen LogP contribution in [0.25, 0.3) is 0 Å². The van der Waals surface area contributed by atoms with Crippen LogP contribution in [0.1, 0.15) is 11.1 Å². The quantitative estimate of drug-likeness (QED) is 0.840. The van der Waals surface area contributed by atoms with Crippen molar-refractivity contribution < 1.29 is 0 Å². The lowest BCUT2D eigenvalue weighted by Gasteiger charge is -2.29. The van der Waals surface area contributed by atoms with Crippen molar-refractivity contribution in [2.24, 2.45) is 10.3 Å². The summed E-state index contributed by atoms with van der Waals surface area (Å²) in [4.78, 5) is 2.49. The smallest absolute Gasteiger partial charge is 0.105 e. The Morgan fingerprint density at radius 3 is 3.06 bits per heavy atom. The predicted molar refractivity (Wildman–Crippen MR) is 74.4 cm³/mol. The molecule has 96 valence electrons. The van der Waals surface area contributed by atoms with Gasteiger partial charge in [0.2, 0.25) is 0 Å². The Morgan fingerprint density at radius 2 is 2.28 bits per heavy atom. The van der Waals surface area contributed by atoms with Crippen LogP contribution in [0, 0.1) is 0 Å². The maximum absolute atomic E-state index is 4.28. The normalized spacial score (nSPS) is 23.4. The minimum absolute atomic E-state index is 0.340. The fourth-order valence-corrected chi connectivity index (χ4v) is 3.08. The summed E-state index contributed by atoms with van der Waals surface area (Å²) in [7, 11) is 1.98. The molecule has 18 heavy (non-hydrogen) atoms. The van der Waals surface area contributed by atoms with Gasteiger partial charge in [-0.25, -0.2) is 0 Å². The molecule has 0 amide bonds. The van der Waals surface area contributed by atoms with Crippen molar-refractivity contribution in [2.75, 3.05) is 26.7 Å². The molecule has 0 aromatic heterocycles. The van der Waals surface area contributed by atoms with E-state index in [1.54, 1.807) is 0 Å². The van der Waals surface area contributed by atoms with Gasteiger partial charge in [0.15, 0.2) is 0 Å². The van der Waals surface area contributed by atoms with Gasteiger partial charge >= 0.3 is 0 Å². The Balaban J connectivity index is 1.64. The third-order valence-corrected chi connectivity index (χ3v) is 4.06.